The van der Waals surface area contributed by atoms with E-state index in [9.17, 15) is 0 Å². The first-order valence-corrected chi connectivity index (χ1v) is 3.38. The summed E-state index contributed by atoms with van der Waals surface area (Å²) in [5.74, 6) is 1.17. The monoisotopic (exact) mass is 139 g/mol. The Morgan fingerprint density at radius 2 is 2.40 bits per heavy atom. The van der Waals surface area contributed by atoms with E-state index in [1.165, 1.54) is 6.39 Å². The molecule has 0 aliphatic heterocycles. The molecule has 4 nitrogen and oxygen atoms in total. The van der Waals surface area contributed by atoms with Gasteiger partial charge >= 0.3 is 0 Å². The van der Waals surface area contributed by atoms with Crippen molar-refractivity contribution in [2.75, 3.05) is 0 Å². The van der Waals surface area contributed by atoms with E-state index in [1.807, 2.05) is 0 Å². The normalized spacial score (nSPS) is 31.7. The first kappa shape index (κ1) is 5.85. The van der Waals surface area contributed by atoms with Crippen LogP contribution < -0.4 is 5.73 Å². The molecule has 1 aromatic heterocycles. The molecule has 1 aliphatic carbocycles. The Hall–Kier alpha value is -0.900. The van der Waals surface area contributed by atoms with Crippen LogP contribution in [0.4, 0.5) is 0 Å². The van der Waals surface area contributed by atoms with Crippen LogP contribution in [0.1, 0.15) is 24.7 Å². The van der Waals surface area contributed by atoms with Gasteiger partial charge in [0.15, 0.2) is 0 Å². The molecule has 0 amide bonds. The van der Waals surface area contributed by atoms with Crippen LogP contribution in [0.2, 0.25) is 0 Å². The second-order valence-electron chi connectivity index (χ2n) is 2.71. The second-order valence-corrected chi connectivity index (χ2v) is 2.71. The molecule has 0 radical (unpaired) electrons. The molecule has 0 aromatic carbocycles. The van der Waals surface area contributed by atoms with Crippen molar-refractivity contribution < 1.29 is 4.42 Å². The molecule has 2 rings (SSSR count). The van der Waals surface area contributed by atoms with Crippen molar-refractivity contribution in [3.8, 4) is 0 Å². The zero-order valence-electron chi connectivity index (χ0n) is 5.53. The third-order valence-corrected chi connectivity index (χ3v) is 1.90. The first-order chi connectivity index (χ1) is 4.86. The molecule has 0 spiro atoms. The number of nitrogens with two attached hydrogens (primary N) is 1. The zero-order valence-corrected chi connectivity index (χ0v) is 5.53. The van der Waals surface area contributed by atoms with Gasteiger partial charge in [0.1, 0.15) is 0 Å². The fourth-order valence-corrected chi connectivity index (χ4v) is 1.22. The summed E-state index contributed by atoms with van der Waals surface area (Å²) in [4.78, 5) is 0. The smallest absolute Gasteiger partial charge is 0.219 e. The summed E-state index contributed by atoms with van der Waals surface area (Å²) in [6.45, 7) is 0. The Morgan fingerprint density at radius 1 is 1.60 bits per heavy atom. The highest BCUT2D eigenvalue weighted by atomic mass is 16.4. The Morgan fingerprint density at radius 3 is 2.90 bits per heavy atom. The Balaban J connectivity index is 2.04. The first-order valence-electron chi connectivity index (χ1n) is 3.38. The van der Waals surface area contributed by atoms with Crippen molar-refractivity contribution in [2.24, 2.45) is 5.73 Å². The van der Waals surface area contributed by atoms with E-state index < -0.39 is 0 Å². The molecule has 0 saturated heterocycles. The van der Waals surface area contributed by atoms with E-state index >= 15 is 0 Å². The van der Waals surface area contributed by atoms with Crippen molar-refractivity contribution in [2.45, 2.75) is 24.8 Å². The van der Waals surface area contributed by atoms with E-state index in [-0.39, 0.29) is 0 Å². The quantitative estimate of drug-likeness (QED) is 0.606. The van der Waals surface area contributed by atoms with Gasteiger partial charge in [0, 0.05) is 12.0 Å². The molecular formula is C6H9N3O. The lowest BCUT2D eigenvalue weighted by Crippen LogP contribution is -2.34. The highest BCUT2D eigenvalue weighted by Gasteiger charge is 2.30. The van der Waals surface area contributed by atoms with E-state index in [0.29, 0.717) is 12.0 Å². The molecule has 0 atom stereocenters. The summed E-state index contributed by atoms with van der Waals surface area (Å²) >= 11 is 0. The maximum absolute atomic E-state index is 5.59. The van der Waals surface area contributed by atoms with Crippen LogP contribution in [0.25, 0.3) is 0 Å². The fourth-order valence-electron chi connectivity index (χ4n) is 1.22. The SMILES string of the molecule is N[C@H]1C[C@H](c2nnco2)C1. The summed E-state index contributed by atoms with van der Waals surface area (Å²) in [6, 6.07) is 0.344. The van der Waals surface area contributed by atoms with Crippen LogP contribution in [0, 0.1) is 0 Å². The van der Waals surface area contributed by atoms with Crippen LogP contribution in [0.5, 0.6) is 0 Å². The number of nitrogens with zero attached hydrogens (tertiary/aromatic N) is 2. The highest BCUT2D eigenvalue weighted by Crippen LogP contribution is 2.33. The minimum Gasteiger partial charge on any atom is -0.428 e. The van der Waals surface area contributed by atoms with Crippen LogP contribution in [0.15, 0.2) is 10.8 Å². The fraction of sp³-hybridized carbons (Fsp3) is 0.667. The maximum Gasteiger partial charge on any atom is 0.219 e. The summed E-state index contributed by atoms with van der Waals surface area (Å²) in [7, 11) is 0. The Kier molecular flexibility index (Phi) is 1.20. The predicted octanol–water partition coefficient (Wildman–Crippen LogP) is 0.274. The molecule has 1 heterocycles. The summed E-state index contributed by atoms with van der Waals surface area (Å²) in [5.41, 5.74) is 5.59. The van der Waals surface area contributed by atoms with Gasteiger partial charge in [0.05, 0.1) is 0 Å². The molecule has 2 N–H and O–H groups in total. The van der Waals surface area contributed by atoms with Gasteiger partial charge in [0.25, 0.3) is 0 Å². The van der Waals surface area contributed by atoms with Gasteiger partial charge in [0.2, 0.25) is 12.3 Å². The van der Waals surface area contributed by atoms with E-state index in [4.69, 9.17) is 10.2 Å². The summed E-state index contributed by atoms with van der Waals surface area (Å²) in [5, 5.41) is 7.39. The molecule has 1 aliphatic rings. The van der Waals surface area contributed by atoms with Gasteiger partial charge in [-0.2, -0.15) is 0 Å². The lowest BCUT2D eigenvalue weighted by atomic mass is 9.81. The average Bonchev–Trinajstić information content (AvgIpc) is 2.31. The van der Waals surface area contributed by atoms with Gasteiger partial charge in [-0.05, 0) is 12.8 Å². The molecule has 4 heteroatoms. The minimum atomic E-state index is 0.344. The van der Waals surface area contributed by atoms with Gasteiger partial charge < -0.3 is 10.2 Å². The lowest BCUT2D eigenvalue weighted by molar-refractivity contribution is 0.293. The number of hydrogen-bond acceptors (Lipinski definition) is 4. The van der Waals surface area contributed by atoms with Gasteiger partial charge in [-0.15, -0.1) is 10.2 Å². The molecule has 1 fully saturated rings. The average molecular weight is 139 g/mol. The van der Waals surface area contributed by atoms with Gasteiger partial charge in [-0.25, -0.2) is 0 Å². The standard InChI is InChI=1S/C6H9N3O/c7-5-1-4(2-5)6-9-8-3-10-6/h3-5H,1-2,7H2/t4-,5-. The zero-order chi connectivity index (χ0) is 6.97. The van der Waals surface area contributed by atoms with Crippen LogP contribution in [-0.4, -0.2) is 16.2 Å². The maximum atomic E-state index is 5.59. The summed E-state index contributed by atoms with van der Waals surface area (Å²) in [6.07, 6.45) is 3.34. The number of rotatable bonds is 1. The third kappa shape index (κ3) is 0.806. The van der Waals surface area contributed by atoms with E-state index in [0.717, 1.165) is 18.7 Å². The number of hydrogen-bond donors (Lipinski definition) is 1. The van der Waals surface area contributed by atoms with Crippen LogP contribution >= 0.6 is 0 Å². The summed E-state index contributed by atoms with van der Waals surface area (Å²) < 4.78 is 5.01. The molecule has 1 aromatic rings. The molecule has 54 valence electrons. The molecule has 10 heavy (non-hydrogen) atoms. The second kappa shape index (κ2) is 2.05. The van der Waals surface area contributed by atoms with E-state index in [2.05, 4.69) is 10.2 Å². The van der Waals surface area contributed by atoms with Gasteiger partial charge in [-0.1, -0.05) is 0 Å². The van der Waals surface area contributed by atoms with Crippen molar-refractivity contribution >= 4 is 0 Å². The van der Waals surface area contributed by atoms with Crippen LogP contribution in [-0.2, 0) is 0 Å². The van der Waals surface area contributed by atoms with E-state index in [1.54, 1.807) is 0 Å². The van der Waals surface area contributed by atoms with Crippen molar-refractivity contribution in [1.82, 2.24) is 10.2 Å². The molecule has 1 saturated carbocycles. The van der Waals surface area contributed by atoms with Crippen molar-refractivity contribution in [3.63, 3.8) is 0 Å². The molecule has 0 unspecified atom stereocenters. The topological polar surface area (TPSA) is 64.9 Å². The largest absolute Gasteiger partial charge is 0.428 e. The van der Waals surface area contributed by atoms with Crippen molar-refractivity contribution in [3.05, 3.63) is 12.3 Å². The Labute approximate surface area is 58.4 Å². The van der Waals surface area contributed by atoms with Crippen molar-refractivity contribution in [1.29, 1.82) is 0 Å². The predicted molar refractivity (Wildman–Crippen MR) is 34.2 cm³/mol. The Bertz CT molecular complexity index is 203. The minimum absolute atomic E-state index is 0.344. The molecular weight excluding hydrogens is 130 g/mol. The highest BCUT2D eigenvalue weighted by molar-refractivity contribution is 4.99. The number of aromatic nitrogens is 2. The third-order valence-electron chi connectivity index (χ3n) is 1.90. The van der Waals surface area contributed by atoms with Crippen LogP contribution in [0.3, 0.4) is 0 Å². The molecule has 0 bridgehead atoms. The van der Waals surface area contributed by atoms with Gasteiger partial charge in [-0.3, -0.25) is 0 Å². The lowest BCUT2D eigenvalue weighted by Gasteiger charge is -2.28.